The first-order valence-electron chi connectivity index (χ1n) is 7.70. The van der Waals surface area contributed by atoms with Crippen molar-refractivity contribution in [2.24, 2.45) is 5.73 Å². The van der Waals surface area contributed by atoms with Gasteiger partial charge in [-0.05, 0) is 47.5 Å². The van der Waals surface area contributed by atoms with E-state index < -0.39 is 17.2 Å². The molecule has 0 aromatic carbocycles. The normalized spacial score (nSPS) is 18.9. The second kappa shape index (κ2) is 8.37. The van der Waals surface area contributed by atoms with E-state index in [-0.39, 0.29) is 6.10 Å². The molecule has 0 aliphatic heterocycles. The summed E-state index contributed by atoms with van der Waals surface area (Å²) in [5.41, 5.74) is 5.37. The highest BCUT2D eigenvalue weighted by Crippen LogP contribution is 2.27. The van der Waals surface area contributed by atoms with E-state index in [4.69, 9.17) is 15.2 Å². The van der Waals surface area contributed by atoms with Crippen molar-refractivity contribution < 1.29 is 14.6 Å². The topological polar surface area (TPSA) is 64.7 Å². The molecule has 20 heavy (non-hydrogen) atoms. The zero-order valence-electron chi connectivity index (χ0n) is 14.4. The Morgan fingerprint density at radius 3 is 2.20 bits per heavy atom. The average molecular weight is 287 g/mol. The van der Waals surface area contributed by atoms with Gasteiger partial charge < -0.3 is 20.3 Å². The van der Waals surface area contributed by atoms with Crippen LogP contribution in [-0.2, 0) is 9.47 Å². The number of hydrogen-bond acceptors (Lipinski definition) is 4. The summed E-state index contributed by atoms with van der Waals surface area (Å²) < 4.78 is 11.5. The lowest BCUT2D eigenvalue weighted by atomic mass is 9.82. The fourth-order valence-electron chi connectivity index (χ4n) is 1.89. The van der Waals surface area contributed by atoms with Gasteiger partial charge in [-0.15, -0.1) is 0 Å². The minimum absolute atomic E-state index is 0.211. The van der Waals surface area contributed by atoms with Gasteiger partial charge in [-0.3, -0.25) is 0 Å². The summed E-state index contributed by atoms with van der Waals surface area (Å²) in [5, 5.41) is 9.91. The highest BCUT2D eigenvalue weighted by molar-refractivity contribution is 6.11. The molecule has 4 nitrogen and oxygen atoms in total. The highest BCUT2D eigenvalue weighted by Gasteiger charge is 2.38. The molecule has 0 saturated carbocycles. The molecular weight excluding hydrogens is 253 g/mol. The molecule has 0 fully saturated rings. The van der Waals surface area contributed by atoms with Gasteiger partial charge in [0.15, 0.2) is 0 Å². The van der Waals surface area contributed by atoms with Crippen molar-refractivity contribution in [3.05, 3.63) is 0 Å². The first kappa shape index (κ1) is 19.9. The van der Waals surface area contributed by atoms with E-state index in [9.17, 15) is 5.11 Å². The number of nitrogens with two attached hydrogens (primary N) is 1. The Hall–Kier alpha value is -0.0951. The summed E-state index contributed by atoms with van der Waals surface area (Å²) in [6.07, 6.45) is 1.24. The quantitative estimate of drug-likeness (QED) is 0.598. The zero-order valence-corrected chi connectivity index (χ0v) is 14.4. The van der Waals surface area contributed by atoms with Crippen molar-refractivity contribution in [3.63, 3.8) is 0 Å². The minimum atomic E-state index is -0.509. The maximum absolute atomic E-state index is 9.91. The third-order valence-corrected chi connectivity index (χ3v) is 3.83. The van der Waals surface area contributed by atoms with Crippen LogP contribution in [0.5, 0.6) is 0 Å². The van der Waals surface area contributed by atoms with Crippen molar-refractivity contribution in [1.82, 2.24) is 0 Å². The predicted molar refractivity (Wildman–Crippen MR) is 86.9 cm³/mol. The third kappa shape index (κ3) is 7.62. The van der Waals surface area contributed by atoms with Crippen LogP contribution >= 0.6 is 0 Å². The van der Waals surface area contributed by atoms with Crippen molar-refractivity contribution in [1.29, 1.82) is 0 Å². The molecule has 0 aliphatic carbocycles. The lowest BCUT2D eigenvalue weighted by Crippen LogP contribution is -2.57. The largest absolute Gasteiger partial charge is 0.391 e. The summed E-state index contributed by atoms with van der Waals surface area (Å²) in [6.45, 7) is 13.0. The Morgan fingerprint density at radius 2 is 1.75 bits per heavy atom. The lowest BCUT2D eigenvalue weighted by molar-refractivity contribution is -0.104. The zero-order chi connectivity index (χ0) is 16.0. The van der Waals surface area contributed by atoms with E-state index in [1.165, 1.54) is 0 Å². The van der Waals surface area contributed by atoms with Crippen LogP contribution in [0.3, 0.4) is 0 Å². The van der Waals surface area contributed by atoms with Crippen molar-refractivity contribution >= 4 is 7.85 Å². The summed E-state index contributed by atoms with van der Waals surface area (Å²) in [4.78, 5) is 0. The Morgan fingerprint density at radius 1 is 1.20 bits per heavy atom. The lowest BCUT2D eigenvalue weighted by Gasteiger charge is -2.41. The molecule has 0 saturated heterocycles. The molecule has 5 heteroatoms. The Bertz CT molecular complexity index is 268. The van der Waals surface area contributed by atoms with Crippen LogP contribution in [0.15, 0.2) is 0 Å². The molecule has 120 valence electrons. The summed E-state index contributed by atoms with van der Waals surface area (Å²) in [5.74, 6) is 0.459. The van der Waals surface area contributed by atoms with Crippen LogP contribution in [0, 0.1) is 0 Å². The van der Waals surface area contributed by atoms with E-state index in [2.05, 4.69) is 14.8 Å². The number of rotatable bonds is 10. The SMILES string of the molecule is BC(C)CC(O)COC(C)(C)C(C)(N)CCOC(C)C. The Kier molecular flexibility index (Phi) is 8.33. The molecule has 0 aromatic heterocycles. The summed E-state index contributed by atoms with van der Waals surface area (Å²) >= 11 is 0. The predicted octanol–water partition coefficient (Wildman–Crippen LogP) is 1.51. The van der Waals surface area contributed by atoms with E-state index in [1.54, 1.807) is 0 Å². The number of hydrogen-bond donors (Lipinski definition) is 2. The molecule has 0 aromatic rings. The molecule has 0 bridgehead atoms. The second-order valence-corrected chi connectivity index (χ2v) is 7.19. The smallest absolute Gasteiger partial charge is 0.105 e. The van der Waals surface area contributed by atoms with Gasteiger partial charge in [0, 0.05) is 12.1 Å². The molecule has 3 N–H and O–H groups in total. The van der Waals surface area contributed by atoms with E-state index in [0.29, 0.717) is 19.0 Å². The molecular formula is C15H34BNO3. The molecule has 0 aliphatic rings. The maximum atomic E-state index is 9.91. The third-order valence-electron chi connectivity index (χ3n) is 3.83. The molecule has 0 amide bonds. The fraction of sp³-hybridized carbons (Fsp3) is 1.00. The van der Waals surface area contributed by atoms with Crippen LogP contribution in [0.25, 0.3) is 0 Å². The molecule has 0 radical (unpaired) electrons. The molecule has 0 heterocycles. The number of aliphatic hydroxyl groups excluding tert-OH is 1. The first-order chi connectivity index (χ1) is 8.98. The molecule has 3 atom stereocenters. The van der Waals surface area contributed by atoms with Crippen LogP contribution in [-0.4, -0.2) is 49.5 Å². The second-order valence-electron chi connectivity index (χ2n) is 7.19. The molecule has 0 spiro atoms. The fourth-order valence-corrected chi connectivity index (χ4v) is 1.89. The van der Waals surface area contributed by atoms with Gasteiger partial charge in [0.05, 0.1) is 24.4 Å². The van der Waals surface area contributed by atoms with Gasteiger partial charge in [0.1, 0.15) is 7.85 Å². The van der Waals surface area contributed by atoms with Gasteiger partial charge >= 0.3 is 0 Å². The van der Waals surface area contributed by atoms with Crippen LogP contribution < -0.4 is 5.73 Å². The summed E-state index contributed by atoms with van der Waals surface area (Å²) in [7, 11) is 2.09. The number of ether oxygens (including phenoxy) is 2. The van der Waals surface area contributed by atoms with Crippen molar-refractivity contribution in [2.45, 2.75) is 83.5 Å². The minimum Gasteiger partial charge on any atom is -0.391 e. The van der Waals surface area contributed by atoms with Crippen LogP contribution in [0.1, 0.15) is 54.4 Å². The monoisotopic (exact) mass is 287 g/mol. The van der Waals surface area contributed by atoms with Crippen molar-refractivity contribution in [2.75, 3.05) is 13.2 Å². The first-order valence-corrected chi connectivity index (χ1v) is 7.70. The van der Waals surface area contributed by atoms with Gasteiger partial charge in [0.25, 0.3) is 0 Å². The number of aliphatic hydroxyl groups is 1. The molecule has 0 rings (SSSR count). The van der Waals surface area contributed by atoms with Crippen LogP contribution in [0.2, 0.25) is 5.82 Å². The van der Waals surface area contributed by atoms with E-state index in [0.717, 1.165) is 12.8 Å². The standard InChI is InChI=1S/C15H34BNO3/c1-11(2)19-8-7-15(6,17)14(4,5)20-10-13(18)9-12(3)16/h11-13,18H,7-10,16-17H2,1-6H3. The maximum Gasteiger partial charge on any atom is 0.105 e. The van der Waals surface area contributed by atoms with Crippen molar-refractivity contribution in [3.8, 4) is 0 Å². The Labute approximate surface area is 125 Å². The van der Waals surface area contributed by atoms with E-state index >= 15 is 0 Å². The van der Waals surface area contributed by atoms with Gasteiger partial charge in [-0.1, -0.05) is 12.7 Å². The van der Waals surface area contributed by atoms with Gasteiger partial charge in [0.2, 0.25) is 0 Å². The van der Waals surface area contributed by atoms with Gasteiger partial charge in [-0.25, -0.2) is 0 Å². The highest BCUT2D eigenvalue weighted by atomic mass is 16.5. The van der Waals surface area contributed by atoms with Crippen LogP contribution in [0.4, 0.5) is 0 Å². The van der Waals surface area contributed by atoms with E-state index in [1.807, 2.05) is 34.6 Å². The average Bonchev–Trinajstić information content (AvgIpc) is 2.24. The summed E-state index contributed by atoms with van der Waals surface area (Å²) in [6, 6.07) is 0. The Balaban J connectivity index is 4.30. The van der Waals surface area contributed by atoms with Gasteiger partial charge in [-0.2, -0.15) is 0 Å². The molecule has 3 unspecified atom stereocenters.